The minimum absolute atomic E-state index is 0.144. The van der Waals surface area contributed by atoms with E-state index in [1.54, 1.807) is 11.3 Å². The van der Waals surface area contributed by atoms with Crippen molar-refractivity contribution >= 4 is 45.8 Å². The zero-order valence-electron chi connectivity index (χ0n) is 8.25. The summed E-state index contributed by atoms with van der Waals surface area (Å²) in [5, 5.41) is 2.07. The van der Waals surface area contributed by atoms with Crippen LogP contribution in [0.1, 0.15) is 13.8 Å². The molecule has 0 radical (unpaired) electrons. The van der Waals surface area contributed by atoms with Gasteiger partial charge in [-0.05, 0) is 34.0 Å². The highest BCUT2D eigenvalue weighted by molar-refractivity contribution is 14.1. The van der Waals surface area contributed by atoms with E-state index in [-0.39, 0.29) is 12.5 Å². The SMILES string of the molecule is CC1(C)COB(c2sccc2I)OC1. The lowest BCUT2D eigenvalue weighted by Gasteiger charge is -2.32. The Balaban J connectivity index is 2.06. The highest BCUT2D eigenvalue weighted by Gasteiger charge is 2.35. The molecule has 0 atom stereocenters. The highest BCUT2D eigenvalue weighted by atomic mass is 127. The third-order valence-electron chi connectivity index (χ3n) is 2.11. The van der Waals surface area contributed by atoms with Gasteiger partial charge in [-0.3, -0.25) is 0 Å². The monoisotopic (exact) mass is 322 g/mol. The molecular formula is C9H12BIO2S. The van der Waals surface area contributed by atoms with Gasteiger partial charge in [0.15, 0.2) is 0 Å². The van der Waals surface area contributed by atoms with Crippen LogP contribution in [0.25, 0.3) is 0 Å². The van der Waals surface area contributed by atoms with Gasteiger partial charge < -0.3 is 9.31 Å². The molecule has 1 aromatic rings. The van der Waals surface area contributed by atoms with E-state index in [0.29, 0.717) is 0 Å². The summed E-state index contributed by atoms with van der Waals surface area (Å²) in [6.07, 6.45) is 0. The van der Waals surface area contributed by atoms with Gasteiger partial charge in [-0.1, -0.05) is 13.8 Å². The van der Waals surface area contributed by atoms with Crippen LogP contribution in [0.5, 0.6) is 0 Å². The molecule has 1 aliphatic heterocycles. The Morgan fingerprint density at radius 3 is 2.57 bits per heavy atom. The topological polar surface area (TPSA) is 18.5 Å². The molecule has 76 valence electrons. The van der Waals surface area contributed by atoms with Gasteiger partial charge in [0.25, 0.3) is 0 Å². The Hall–Kier alpha value is 0.415. The summed E-state index contributed by atoms with van der Waals surface area (Å²) >= 11 is 4.02. The molecule has 0 saturated carbocycles. The summed E-state index contributed by atoms with van der Waals surface area (Å²) in [5.74, 6) is 0. The first-order chi connectivity index (χ1) is 6.58. The fourth-order valence-electron chi connectivity index (χ4n) is 1.32. The van der Waals surface area contributed by atoms with E-state index < -0.39 is 0 Å². The first kappa shape index (κ1) is 10.9. The lowest BCUT2D eigenvalue weighted by atomic mass is 9.82. The minimum atomic E-state index is -0.144. The zero-order valence-corrected chi connectivity index (χ0v) is 11.2. The molecule has 1 aromatic heterocycles. The summed E-state index contributed by atoms with van der Waals surface area (Å²) in [6.45, 7) is 5.85. The van der Waals surface area contributed by atoms with Gasteiger partial charge in [-0.2, -0.15) is 11.3 Å². The number of halogens is 1. The minimum Gasteiger partial charge on any atom is -0.406 e. The van der Waals surface area contributed by atoms with Gasteiger partial charge in [0.05, 0.1) is 0 Å². The lowest BCUT2D eigenvalue weighted by molar-refractivity contribution is 0.0345. The largest absolute Gasteiger partial charge is 0.505 e. The van der Waals surface area contributed by atoms with Crippen molar-refractivity contribution in [3.05, 3.63) is 15.0 Å². The molecule has 0 aliphatic carbocycles. The van der Waals surface area contributed by atoms with Gasteiger partial charge in [-0.25, -0.2) is 0 Å². The third-order valence-corrected chi connectivity index (χ3v) is 4.35. The van der Waals surface area contributed by atoms with Crippen molar-refractivity contribution in [2.75, 3.05) is 13.2 Å². The molecule has 2 heterocycles. The maximum absolute atomic E-state index is 5.70. The van der Waals surface area contributed by atoms with Gasteiger partial charge in [-0.15, -0.1) is 0 Å². The molecule has 2 nitrogen and oxygen atoms in total. The van der Waals surface area contributed by atoms with Crippen LogP contribution in [0.15, 0.2) is 11.4 Å². The summed E-state index contributed by atoms with van der Waals surface area (Å²) in [4.78, 5) is 0. The zero-order chi connectivity index (χ0) is 10.2. The lowest BCUT2D eigenvalue weighted by Crippen LogP contribution is -2.47. The van der Waals surface area contributed by atoms with E-state index in [0.717, 1.165) is 13.2 Å². The average Bonchev–Trinajstić information content (AvgIpc) is 2.52. The number of rotatable bonds is 1. The maximum Gasteiger partial charge on any atom is 0.505 e. The first-order valence-electron chi connectivity index (χ1n) is 4.55. The van der Waals surface area contributed by atoms with Gasteiger partial charge in [0, 0.05) is 27.0 Å². The van der Waals surface area contributed by atoms with Crippen molar-refractivity contribution in [1.82, 2.24) is 0 Å². The standard InChI is InChI=1S/C9H12BIO2S/c1-9(2)5-12-10(13-6-9)8-7(11)3-4-14-8/h3-4H,5-6H2,1-2H3. The Bertz CT molecular complexity index is 316. The fourth-order valence-corrected chi connectivity index (χ4v) is 3.16. The molecule has 1 fully saturated rings. The first-order valence-corrected chi connectivity index (χ1v) is 6.50. The molecule has 5 heteroatoms. The van der Waals surface area contributed by atoms with Crippen molar-refractivity contribution in [3.63, 3.8) is 0 Å². The van der Waals surface area contributed by atoms with Gasteiger partial charge >= 0.3 is 7.12 Å². The van der Waals surface area contributed by atoms with Crippen LogP contribution in [0.3, 0.4) is 0 Å². The Kier molecular flexibility index (Phi) is 3.21. The summed E-state index contributed by atoms with van der Waals surface area (Å²) in [6, 6.07) is 2.09. The molecule has 0 amide bonds. The van der Waals surface area contributed by atoms with Crippen LogP contribution in [-0.4, -0.2) is 20.3 Å². The van der Waals surface area contributed by atoms with E-state index in [1.165, 1.54) is 8.35 Å². The average molecular weight is 322 g/mol. The van der Waals surface area contributed by atoms with E-state index in [9.17, 15) is 0 Å². The summed E-state index contributed by atoms with van der Waals surface area (Å²) < 4.78 is 13.8. The predicted molar refractivity (Wildman–Crippen MR) is 68.1 cm³/mol. The van der Waals surface area contributed by atoms with Crippen LogP contribution in [0.2, 0.25) is 0 Å². The quantitative estimate of drug-likeness (QED) is 0.583. The maximum atomic E-state index is 5.70. The summed E-state index contributed by atoms with van der Waals surface area (Å²) in [7, 11) is -0.144. The van der Waals surface area contributed by atoms with Crippen molar-refractivity contribution in [3.8, 4) is 0 Å². The Labute approximate surface area is 102 Å². The molecule has 0 spiro atoms. The third kappa shape index (κ3) is 2.32. The molecule has 0 N–H and O–H groups in total. The summed E-state index contributed by atoms with van der Waals surface area (Å²) in [5.41, 5.74) is 0.152. The van der Waals surface area contributed by atoms with Gasteiger partial charge in [0.1, 0.15) is 0 Å². The van der Waals surface area contributed by atoms with Crippen molar-refractivity contribution < 1.29 is 9.31 Å². The molecule has 14 heavy (non-hydrogen) atoms. The Morgan fingerprint density at radius 1 is 1.43 bits per heavy atom. The van der Waals surface area contributed by atoms with Crippen molar-refractivity contribution in [2.24, 2.45) is 5.41 Å². The molecule has 2 rings (SSSR count). The molecule has 0 bridgehead atoms. The number of hydrogen-bond acceptors (Lipinski definition) is 3. The second kappa shape index (κ2) is 4.12. The van der Waals surface area contributed by atoms with Crippen LogP contribution in [0, 0.1) is 8.99 Å². The highest BCUT2D eigenvalue weighted by Crippen LogP contribution is 2.22. The number of hydrogen-bond donors (Lipinski definition) is 0. The molecule has 1 saturated heterocycles. The van der Waals surface area contributed by atoms with Crippen molar-refractivity contribution in [2.45, 2.75) is 13.8 Å². The predicted octanol–water partition coefficient (Wildman–Crippen LogP) is 2.12. The van der Waals surface area contributed by atoms with Crippen LogP contribution < -0.4 is 4.78 Å². The second-order valence-corrected chi connectivity index (χ2v) is 6.36. The number of thiophene rings is 1. The molecular weight excluding hydrogens is 310 g/mol. The Morgan fingerprint density at radius 2 is 2.07 bits per heavy atom. The smallest absolute Gasteiger partial charge is 0.406 e. The van der Waals surface area contributed by atoms with Crippen molar-refractivity contribution in [1.29, 1.82) is 0 Å². The van der Waals surface area contributed by atoms with E-state index in [1.807, 2.05) is 0 Å². The second-order valence-electron chi connectivity index (χ2n) is 4.25. The molecule has 0 unspecified atom stereocenters. The fraction of sp³-hybridized carbons (Fsp3) is 0.556. The van der Waals surface area contributed by atoms with E-state index >= 15 is 0 Å². The molecule has 1 aliphatic rings. The van der Waals surface area contributed by atoms with Crippen LogP contribution >= 0.6 is 33.9 Å². The van der Waals surface area contributed by atoms with Crippen LogP contribution in [0.4, 0.5) is 0 Å². The van der Waals surface area contributed by atoms with E-state index in [2.05, 4.69) is 47.9 Å². The van der Waals surface area contributed by atoms with Crippen LogP contribution in [-0.2, 0) is 9.31 Å². The van der Waals surface area contributed by atoms with E-state index in [4.69, 9.17) is 9.31 Å². The normalized spacial score (nSPS) is 21.2. The molecule has 0 aromatic carbocycles. The van der Waals surface area contributed by atoms with Gasteiger partial charge in [0.2, 0.25) is 0 Å².